The molecule has 0 aliphatic rings. The molecule has 110 valence electrons. The van der Waals surface area contributed by atoms with Crippen molar-refractivity contribution in [1.82, 2.24) is 5.32 Å². The number of benzene rings is 1. The summed E-state index contributed by atoms with van der Waals surface area (Å²) < 4.78 is 0. The second-order valence-electron chi connectivity index (χ2n) is 5.29. The van der Waals surface area contributed by atoms with Gasteiger partial charge >= 0.3 is 0 Å². The second-order valence-corrected chi connectivity index (χ2v) is 5.29. The summed E-state index contributed by atoms with van der Waals surface area (Å²) >= 11 is 0. The maximum absolute atomic E-state index is 11.9. The summed E-state index contributed by atoms with van der Waals surface area (Å²) in [5.74, 6) is 0.233. The molecule has 0 saturated heterocycles. The molecule has 1 unspecified atom stereocenters. The minimum Gasteiger partial charge on any atom is -0.363 e. The largest absolute Gasteiger partial charge is 0.363 e. The van der Waals surface area contributed by atoms with Crippen LogP contribution in [0, 0.1) is 0 Å². The average molecular weight is 276 g/mol. The van der Waals surface area contributed by atoms with Crippen LogP contribution in [0.4, 0.5) is 5.69 Å². The van der Waals surface area contributed by atoms with E-state index in [9.17, 15) is 9.59 Å². The highest BCUT2D eigenvalue weighted by molar-refractivity contribution is 5.92. The summed E-state index contributed by atoms with van der Waals surface area (Å²) in [6, 6.07) is 7.88. The van der Waals surface area contributed by atoms with Gasteiger partial charge in [0.15, 0.2) is 0 Å². The van der Waals surface area contributed by atoms with Gasteiger partial charge in [0.1, 0.15) is 6.04 Å². The fourth-order valence-corrected chi connectivity index (χ4v) is 2.20. The first-order valence-electron chi connectivity index (χ1n) is 7.08. The van der Waals surface area contributed by atoms with E-state index in [1.165, 1.54) is 5.56 Å². The Kier molecular flexibility index (Phi) is 6.22. The first-order chi connectivity index (χ1) is 9.51. The third-order valence-corrected chi connectivity index (χ3v) is 3.50. The highest BCUT2D eigenvalue weighted by atomic mass is 16.2. The number of carbonyl (C=O) groups excluding carboxylic acids is 2. The zero-order valence-corrected chi connectivity index (χ0v) is 12.7. The topological polar surface area (TPSA) is 49.4 Å². The van der Waals surface area contributed by atoms with Crippen LogP contribution in [0.15, 0.2) is 24.3 Å². The van der Waals surface area contributed by atoms with E-state index in [-0.39, 0.29) is 11.9 Å². The number of nitrogens with zero attached hydrogens (tertiary/aromatic N) is 1. The lowest BCUT2D eigenvalue weighted by Crippen LogP contribution is -2.44. The highest BCUT2D eigenvalue weighted by Gasteiger charge is 2.22. The molecule has 0 radical (unpaired) electrons. The van der Waals surface area contributed by atoms with Gasteiger partial charge in [-0.2, -0.15) is 0 Å². The van der Waals surface area contributed by atoms with E-state index in [2.05, 4.69) is 31.3 Å². The van der Waals surface area contributed by atoms with Gasteiger partial charge in [-0.25, -0.2) is 0 Å². The second kappa shape index (κ2) is 7.68. The molecule has 20 heavy (non-hydrogen) atoms. The molecule has 2 amide bonds. The van der Waals surface area contributed by atoms with E-state index in [0.717, 1.165) is 12.1 Å². The molecule has 0 heterocycles. The van der Waals surface area contributed by atoms with Gasteiger partial charge in [-0.05, 0) is 30.0 Å². The number of imide groups is 1. The van der Waals surface area contributed by atoms with Crippen molar-refractivity contribution in [2.45, 2.75) is 45.6 Å². The van der Waals surface area contributed by atoms with E-state index < -0.39 is 0 Å². The van der Waals surface area contributed by atoms with Crippen LogP contribution in [0.5, 0.6) is 0 Å². The van der Waals surface area contributed by atoms with Crippen LogP contribution in [0.25, 0.3) is 0 Å². The monoisotopic (exact) mass is 276 g/mol. The zero-order chi connectivity index (χ0) is 15.1. The van der Waals surface area contributed by atoms with E-state index in [1.807, 2.05) is 31.0 Å². The van der Waals surface area contributed by atoms with Gasteiger partial charge < -0.3 is 4.90 Å². The van der Waals surface area contributed by atoms with Crippen LogP contribution >= 0.6 is 0 Å². The maximum Gasteiger partial charge on any atom is 0.249 e. The number of likely N-dealkylation sites (N-methyl/N-ethyl adjacent to an activating group) is 1. The molecule has 4 nitrogen and oxygen atoms in total. The first-order valence-corrected chi connectivity index (χ1v) is 7.08. The van der Waals surface area contributed by atoms with Crippen LogP contribution in [0.3, 0.4) is 0 Å². The molecule has 0 aromatic heterocycles. The minimum absolute atomic E-state index is 0.253. The van der Waals surface area contributed by atoms with Crippen molar-refractivity contribution in [2.24, 2.45) is 0 Å². The number of anilines is 1. The van der Waals surface area contributed by atoms with Gasteiger partial charge in [0.05, 0.1) is 0 Å². The SMILES string of the molecule is CCCC(C(=O)NC=O)N(C)c1ccc(C(C)C)cc1. The quantitative estimate of drug-likeness (QED) is 0.779. The molecular weight excluding hydrogens is 252 g/mol. The molecule has 0 spiro atoms. The molecular formula is C16H24N2O2. The Morgan fingerprint density at radius 2 is 1.90 bits per heavy atom. The predicted molar refractivity (Wildman–Crippen MR) is 81.8 cm³/mol. The van der Waals surface area contributed by atoms with Crippen molar-refractivity contribution >= 4 is 18.0 Å². The molecule has 1 aromatic rings. The van der Waals surface area contributed by atoms with Crippen molar-refractivity contribution in [2.75, 3.05) is 11.9 Å². The van der Waals surface area contributed by atoms with Crippen LogP contribution in [-0.4, -0.2) is 25.4 Å². The van der Waals surface area contributed by atoms with Gasteiger partial charge in [-0.3, -0.25) is 14.9 Å². The molecule has 1 rings (SSSR count). The summed E-state index contributed by atoms with van der Waals surface area (Å²) in [5.41, 5.74) is 2.25. The Labute approximate surface area is 121 Å². The van der Waals surface area contributed by atoms with Gasteiger partial charge in [-0.1, -0.05) is 39.3 Å². The fourth-order valence-electron chi connectivity index (χ4n) is 2.20. The van der Waals surface area contributed by atoms with E-state index in [4.69, 9.17) is 0 Å². The summed E-state index contributed by atoms with van der Waals surface area (Å²) in [5, 5.41) is 2.25. The molecule has 0 aliphatic heterocycles. The number of rotatable bonds is 7. The predicted octanol–water partition coefficient (Wildman–Crippen LogP) is 2.69. The number of carbonyl (C=O) groups is 2. The van der Waals surface area contributed by atoms with Crippen LogP contribution in [-0.2, 0) is 9.59 Å². The van der Waals surface area contributed by atoms with Crippen LogP contribution < -0.4 is 10.2 Å². The Bertz CT molecular complexity index is 440. The molecule has 0 fully saturated rings. The van der Waals surface area contributed by atoms with E-state index in [1.54, 1.807) is 0 Å². The van der Waals surface area contributed by atoms with E-state index >= 15 is 0 Å². The Hall–Kier alpha value is -1.84. The van der Waals surface area contributed by atoms with Crippen molar-refractivity contribution in [3.8, 4) is 0 Å². The van der Waals surface area contributed by atoms with Gasteiger partial charge in [0.25, 0.3) is 0 Å². The number of nitrogens with one attached hydrogen (secondary N) is 1. The lowest BCUT2D eigenvalue weighted by molar-refractivity contribution is -0.126. The molecule has 1 aromatic carbocycles. The van der Waals surface area contributed by atoms with Crippen molar-refractivity contribution < 1.29 is 9.59 Å². The van der Waals surface area contributed by atoms with Gasteiger partial charge in [0.2, 0.25) is 12.3 Å². The average Bonchev–Trinajstić information content (AvgIpc) is 2.44. The summed E-state index contributed by atoms with van der Waals surface area (Å²) in [6.45, 7) is 6.32. The maximum atomic E-state index is 11.9. The molecule has 1 atom stereocenters. The summed E-state index contributed by atoms with van der Waals surface area (Å²) in [6.07, 6.45) is 2.04. The molecule has 0 bridgehead atoms. The third-order valence-electron chi connectivity index (χ3n) is 3.50. The van der Waals surface area contributed by atoms with Crippen LogP contribution in [0.2, 0.25) is 0 Å². The Balaban J connectivity index is 2.90. The standard InChI is InChI=1S/C16H24N2O2/c1-5-6-15(16(20)17-11-19)18(4)14-9-7-13(8-10-14)12(2)3/h7-12,15H,5-6H2,1-4H3,(H,17,19,20). The number of hydrogen-bond donors (Lipinski definition) is 1. The third kappa shape index (κ3) is 4.08. The van der Waals surface area contributed by atoms with Gasteiger partial charge in [-0.15, -0.1) is 0 Å². The molecule has 4 heteroatoms. The molecule has 1 N–H and O–H groups in total. The molecule has 0 aliphatic carbocycles. The smallest absolute Gasteiger partial charge is 0.249 e. The minimum atomic E-state index is -0.324. The zero-order valence-electron chi connectivity index (χ0n) is 12.7. The summed E-state index contributed by atoms with van der Waals surface area (Å²) in [4.78, 5) is 24.3. The Morgan fingerprint density at radius 3 is 2.35 bits per heavy atom. The van der Waals surface area contributed by atoms with Crippen molar-refractivity contribution in [3.05, 3.63) is 29.8 Å². The van der Waals surface area contributed by atoms with Crippen molar-refractivity contribution in [3.63, 3.8) is 0 Å². The number of amides is 2. The van der Waals surface area contributed by atoms with Gasteiger partial charge in [0, 0.05) is 12.7 Å². The fraction of sp³-hybridized carbons (Fsp3) is 0.500. The van der Waals surface area contributed by atoms with Crippen LogP contribution in [0.1, 0.15) is 45.1 Å². The summed E-state index contributed by atoms with van der Waals surface area (Å²) in [7, 11) is 1.88. The highest BCUT2D eigenvalue weighted by Crippen LogP contribution is 2.22. The lowest BCUT2D eigenvalue weighted by Gasteiger charge is -2.28. The normalized spacial score (nSPS) is 12.1. The van der Waals surface area contributed by atoms with Crippen molar-refractivity contribution in [1.29, 1.82) is 0 Å². The number of hydrogen-bond acceptors (Lipinski definition) is 3. The lowest BCUT2D eigenvalue weighted by atomic mass is 10.0. The first kappa shape index (κ1) is 16.2. The molecule has 0 saturated carbocycles. The van der Waals surface area contributed by atoms with E-state index in [0.29, 0.717) is 18.7 Å². The Morgan fingerprint density at radius 1 is 1.30 bits per heavy atom.